The molecule has 4 heterocycles. The van der Waals surface area contributed by atoms with Gasteiger partial charge in [0.2, 0.25) is 0 Å². The maximum atomic E-state index is 13.2. The molecule has 0 radical (unpaired) electrons. The van der Waals surface area contributed by atoms with Gasteiger partial charge in [-0.15, -0.1) is 10.2 Å². The molecule has 1 atom stereocenters. The predicted molar refractivity (Wildman–Crippen MR) is 108 cm³/mol. The molecule has 2 aliphatic rings. The number of aromatic amines is 1. The topological polar surface area (TPSA) is 66.8 Å². The standard InChI is InChI=1S/C22H27N5O/c1-15-8-9-16-13-19(23-18(16)12-15)22(28)26-10-5-6-17(14-26)21-25-24-20-7-3-2-4-11-27(20)21/h8-9,12-13,17,23H,2-7,10-11,14H2,1H3. The van der Waals surface area contributed by atoms with Crippen LogP contribution >= 0.6 is 0 Å². The van der Waals surface area contributed by atoms with Crippen molar-refractivity contribution in [2.45, 2.75) is 57.9 Å². The van der Waals surface area contributed by atoms with Crippen molar-refractivity contribution in [3.8, 4) is 0 Å². The van der Waals surface area contributed by atoms with Gasteiger partial charge in [-0.1, -0.05) is 18.6 Å². The third kappa shape index (κ3) is 3.11. The molecule has 1 fully saturated rings. The molecule has 0 spiro atoms. The fourth-order valence-corrected chi connectivity index (χ4v) is 4.71. The molecule has 1 unspecified atom stereocenters. The van der Waals surface area contributed by atoms with Crippen LogP contribution in [0.1, 0.15) is 65.7 Å². The summed E-state index contributed by atoms with van der Waals surface area (Å²) in [5, 5.41) is 10.1. The van der Waals surface area contributed by atoms with Gasteiger partial charge in [-0.05, 0) is 50.3 Å². The van der Waals surface area contributed by atoms with Gasteiger partial charge in [0.05, 0.1) is 0 Å². The van der Waals surface area contributed by atoms with E-state index in [0.717, 1.165) is 61.4 Å². The maximum absolute atomic E-state index is 13.2. The summed E-state index contributed by atoms with van der Waals surface area (Å²) in [5.74, 6) is 2.58. The molecule has 1 amide bonds. The number of rotatable bonds is 2. The molecule has 28 heavy (non-hydrogen) atoms. The molecule has 5 rings (SSSR count). The summed E-state index contributed by atoms with van der Waals surface area (Å²) in [5.41, 5.74) is 2.90. The monoisotopic (exact) mass is 377 g/mol. The lowest BCUT2D eigenvalue weighted by molar-refractivity contribution is 0.0698. The van der Waals surface area contributed by atoms with Crippen molar-refractivity contribution in [1.29, 1.82) is 0 Å². The van der Waals surface area contributed by atoms with Crippen LogP contribution in [0.5, 0.6) is 0 Å². The number of benzene rings is 1. The van der Waals surface area contributed by atoms with E-state index >= 15 is 0 Å². The Hall–Kier alpha value is -2.63. The van der Waals surface area contributed by atoms with Crippen molar-refractivity contribution in [2.24, 2.45) is 0 Å². The summed E-state index contributed by atoms with van der Waals surface area (Å²) in [6.07, 6.45) is 6.77. The highest BCUT2D eigenvalue weighted by Gasteiger charge is 2.30. The predicted octanol–water partition coefficient (Wildman–Crippen LogP) is 3.81. The maximum Gasteiger partial charge on any atom is 0.270 e. The average molecular weight is 377 g/mol. The van der Waals surface area contributed by atoms with Crippen LogP contribution in [0.2, 0.25) is 0 Å². The Morgan fingerprint density at radius 2 is 2.04 bits per heavy atom. The Bertz CT molecular complexity index is 1020. The van der Waals surface area contributed by atoms with Crippen LogP contribution in [0, 0.1) is 6.92 Å². The number of aromatic nitrogens is 4. The largest absolute Gasteiger partial charge is 0.351 e. The molecule has 0 saturated carbocycles. The number of piperidine rings is 1. The molecule has 1 aromatic carbocycles. The summed E-state index contributed by atoms with van der Waals surface area (Å²) < 4.78 is 2.33. The van der Waals surface area contributed by atoms with Gasteiger partial charge in [0.15, 0.2) is 0 Å². The van der Waals surface area contributed by atoms with Crippen LogP contribution < -0.4 is 0 Å². The van der Waals surface area contributed by atoms with E-state index in [1.165, 1.54) is 24.8 Å². The number of aryl methyl sites for hydroxylation is 2. The zero-order valence-corrected chi connectivity index (χ0v) is 16.4. The highest BCUT2D eigenvalue weighted by Crippen LogP contribution is 2.29. The molecular weight excluding hydrogens is 350 g/mol. The Balaban J connectivity index is 1.38. The highest BCUT2D eigenvalue weighted by atomic mass is 16.2. The zero-order valence-electron chi connectivity index (χ0n) is 16.4. The van der Waals surface area contributed by atoms with Crippen molar-refractivity contribution in [1.82, 2.24) is 24.6 Å². The van der Waals surface area contributed by atoms with E-state index in [9.17, 15) is 4.79 Å². The number of nitrogens with zero attached hydrogens (tertiary/aromatic N) is 4. The van der Waals surface area contributed by atoms with Crippen LogP contribution in [0.15, 0.2) is 24.3 Å². The molecule has 2 aromatic heterocycles. The molecule has 0 bridgehead atoms. The lowest BCUT2D eigenvalue weighted by atomic mass is 9.96. The molecule has 6 nitrogen and oxygen atoms in total. The summed E-state index contributed by atoms with van der Waals surface area (Å²) in [4.78, 5) is 18.5. The average Bonchev–Trinajstić information content (AvgIpc) is 3.24. The number of hydrogen-bond acceptors (Lipinski definition) is 3. The van der Waals surface area contributed by atoms with E-state index in [2.05, 4.69) is 44.9 Å². The number of amides is 1. The highest BCUT2D eigenvalue weighted by molar-refractivity contribution is 5.98. The van der Waals surface area contributed by atoms with Gasteiger partial charge in [-0.2, -0.15) is 0 Å². The quantitative estimate of drug-likeness (QED) is 0.738. The second kappa shape index (κ2) is 7.08. The molecule has 1 N–H and O–H groups in total. The number of H-pyrrole nitrogens is 1. The van der Waals surface area contributed by atoms with Crippen LogP contribution in [0.4, 0.5) is 0 Å². The fraction of sp³-hybridized carbons (Fsp3) is 0.500. The van der Waals surface area contributed by atoms with Crippen LogP contribution in [-0.4, -0.2) is 43.6 Å². The Labute approximate surface area is 164 Å². The van der Waals surface area contributed by atoms with Crippen molar-refractivity contribution >= 4 is 16.8 Å². The van der Waals surface area contributed by atoms with Gasteiger partial charge < -0.3 is 14.5 Å². The number of carbonyl (C=O) groups is 1. The molecule has 1 saturated heterocycles. The summed E-state index contributed by atoms with van der Waals surface area (Å²) in [6.45, 7) is 4.62. The Morgan fingerprint density at radius 1 is 1.11 bits per heavy atom. The van der Waals surface area contributed by atoms with Gasteiger partial charge in [-0.3, -0.25) is 4.79 Å². The first-order chi connectivity index (χ1) is 13.7. The van der Waals surface area contributed by atoms with Gasteiger partial charge >= 0.3 is 0 Å². The Kier molecular flexibility index (Phi) is 4.41. The van der Waals surface area contributed by atoms with Gasteiger partial charge in [-0.25, -0.2) is 0 Å². The van der Waals surface area contributed by atoms with Crippen molar-refractivity contribution < 1.29 is 4.79 Å². The second-order valence-electron chi connectivity index (χ2n) is 8.30. The van der Waals surface area contributed by atoms with E-state index in [1.807, 2.05) is 11.0 Å². The first-order valence-corrected chi connectivity index (χ1v) is 10.5. The number of nitrogens with one attached hydrogen (secondary N) is 1. The molecule has 146 valence electrons. The van der Waals surface area contributed by atoms with Crippen LogP contribution in [-0.2, 0) is 13.0 Å². The summed E-state index contributed by atoms with van der Waals surface area (Å²) >= 11 is 0. The molecule has 2 aliphatic heterocycles. The normalized spacial score (nSPS) is 20.2. The van der Waals surface area contributed by atoms with Crippen LogP contribution in [0.25, 0.3) is 10.9 Å². The van der Waals surface area contributed by atoms with E-state index in [1.54, 1.807) is 0 Å². The number of hydrogen-bond donors (Lipinski definition) is 1. The van der Waals surface area contributed by atoms with E-state index in [-0.39, 0.29) is 11.8 Å². The minimum Gasteiger partial charge on any atom is -0.351 e. The smallest absolute Gasteiger partial charge is 0.270 e. The van der Waals surface area contributed by atoms with E-state index in [4.69, 9.17) is 0 Å². The SMILES string of the molecule is Cc1ccc2cc(C(=O)N3CCCC(c4nnc5n4CCCCC5)C3)[nH]c2c1. The van der Waals surface area contributed by atoms with E-state index in [0.29, 0.717) is 5.69 Å². The first-order valence-electron chi connectivity index (χ1n) is 10.5. The number of likely N-dealkylation sites (tertiary alicyclic amines) is 1. The third-order valence-electron chi connectivity index (χ3n) is 6.22. The van der Waals surface area contributed by atoms with Crippen molar-refractivity contribution in [2.75, 3.05) is 13.1 Å². The Morgan fingerprint density at radius 3 is 2.96 bits per heavy atom. The minimum absolute atomic E-state index is 0.0918. The summed E-state index contributed by atoms with van der Waals surface area (Å²) in [7, 11) is 0. The van der Waals surface area contributed by atoms with Crippen LogP contribution in [0.3, 0.4) is 0 Å². The molecule has 3 aromatic rings. The van der Waals surface area contributed by atoms with Crippen molar-refractivity contribution in [3.05, 3.63) is 47.2 Å². The van der Waals surface area contributed by atoms with Crippen molar-refractivity contribution in [3.63, 3.8) is 0 Å². The number of fused-ring (bicyclic) bond motifs is 2. The zero-order chi connectivity index (χ0) is 19.1. The van der Waals surface area contributed by atoms with E-state index < -0.39 is 0 Å². The third-order valence-corrected chi connectivity index (χ3v) is 6.22. The number of carbonyl (C=O) groups excluding carboxylic acids is 1. The van der Waals surface area contributed by atoms with Gasteiger partial charge in [0.25, 0.3) is 5.91 Å². The van der Waals surface area contributed by atoms with Gasteiger partial charge in [0, 0.05) is 42.9 Å². The van der Waals surface area contributed by atoms with Gasteiger partial charge in [0.1, 0.15) is 17.3 Å². The minimum atomic E-state index is 0.0918. The molecular formula is C22H27N5O. The first kappa shape index (κ1) is 17.5. The lowest BCUT2D eigenvalue weighted by Crippen LogP contribution is -2.40. The molecule has 6 heteroatoms. The fourth-order valence-electron chi connectivity index (χ4n) is 4.71. The second-order valence-corrected chi connectivity index (χ2v) is 8.30. The lowest BCUT2D eigenvalue weighted by Gasteiger charge is -2.32. The molecule has 0 aliphatic carbocycles. The summed E-state index contributed by atoms with van der Waals surface area (Å²) in [6, 6.07) is 8.22.